The third-order valence-electron chi connectivity index (χ3n) is 6.12. The second-order valence-electron chi connectivity index (χ2n) is 8.60. The predicted molar refractivity (Wildman–Crippen MR) is 114 cm³/mol. The highest BCUT2D eigenvalue weighted by molar-refractivity contribution is 6.09. The number of carbonyl (C=O) groups excluding carboxylic acids is 1. The molecule has 5 nitrogen and oxygen atoms in total. The molecule has 0 saturated heterocycles. The number of ether oxygens (including phenoxy) is 2. The van der Waals surface area contributed by atoms with Gasteiger partial charge in [-0.1, -0.05) is 12.8 Å². The van der Waals surface area contributed by atoms with Crippen LogP contribution in [-0.2, 0) is 0 Å². The first kappa shape index (κ1) is 20.9. The van der Waals surface area contributed by atoms with Crippen LogP contribution in [0, 0.1) is 0 Å². The molecular formula is C25H30O5. The molecule has 0 heterocycles. The lowest BCUT2D eigenvalue weighted by Gasteiger charge is -2.32. The Bertz CT molecular complexity index is 773. The molecule has 4 rings (SSSR count). The van der Waals surface area contributed by atoms with Gasteiger partial charge in [0.05, 0.1) is 0 Å². The molecule has 2 aliphatic carbocycles. The van der Waals surface area contributed by atoms with E-state index >= 15 is 0 Å². The highest BCUT2D eigenvalue weighted by Gasteiger charge is 2.32. The van der Waals surface area contributed by atoms with Gasteiger partial charge >= 0.3 is 0 Å². The minimum absolute atomic E-state index is 0.0964. The SMILES string of the molecule is O=C(c1ccc(OC2(O)CCCCC2)cc1)c1ccc(OC2(O)CCCCC2)cc1. The summed E-state index contributed by atoms with van der Waals surface area (Å²) in [5.74, 6) is -1.15. The number of benzene rings is 2. The summed E-state index contributed by atoms with van der Waals surface area (Å²) in [5, 5.41) is 21.0. The Balaban J connectivity index is 1.39. The molecule has 2 aromatic rings. The summed E-state index contributed by atoms with van der Waals surface area (Å²) in [4.78, 5) is 12.8. The van der Waals surface area contributed by atoms with Crippen molar-refractivity contribution < 1.29 is 24.5 Å². The standard InChI is InChI=1S/C25H30O5/c26-23(19-7-11-21(12-8-19)29-24(27)15-3-1-4-16-24)20-9-13-22(14-10-20)30-25(28)17-5-2-6-18-25/h7-14,27-28H,1-6,15-18H2. The molecule has 5 heteroatoms. The predicted octanol–water partition coefficient (Wildman–Crippen LogP) is 4.98. The number of rotatable bonds is 6. The summed E-state index contributed by atoms with van der Waals surface area (Å²) in [6, 6.07) is 13.8. The Morgan fingerprint density at radius 3 is 1.27 bits per heavy atom. The number of ketones is 1. The van der Waals surface area contributed by atoms with Gasteiger partial charge in [-0.05, 0) is 74.2 Å². The maximum Gasteiger partial charge on any atom is 0.208 e. The summed E-state index contributed by atoms with van der Waals surface area (Å²) >= 11 is 0. The van der Waals surface area contributed by atoms with E-state index in [2.05, 4.69) is 0 Å². The number of aliphatic hydroxyl groups is 2. The summed E-state index contributed by atoms with van der Waals surface area (Å²) in [7, 11) is 0. The van der Waals surface area contributed by atoms with Gasteiger partial charge in [0.1, 0.15) is 11.5 Å². The van der Waals surface area contributed by atoms with E-state index in [0.29, 0.717) is 48.3 Å². The Morgan fingerprint density at radius 1 is 0.600 bits per heavy atom. The van der Waals surface area contributed by atoms with Crippen LogP contribution in [0.25, 0.3) is 0 Å². The first-order valence-electron chi connectivity index (χ1n) is 11.0. The van der Waals surface area contributed by atoms with Crippen LogP contribution in [0.3, 0.4) is 0 Å². The normalized spacial score (nSPS) is 20.3. The molecule has 160 valence electrons. The molecule has 0 unspecified atom stereocenters. The molecule has 0 radical (unpaired) electrons. The molecule has 30 heavy (non-hydrogen) atoms. The fourth-order valence-electron chi connectivity index (χ4n) is 4.37. The van der Waals surface area contributed by atoms with E-state index in [9.17, 15) is 15.0 Å². The van der Waals surface area contributed by atoms with Crippen LogP contribution in [0.5, 0.6) is 11.5 Å². The van der Waals surface area contributed by atoms with E-state index in [-0.39, 0.29) is 5.78 Å². The molecule has 2 saturated carbocycles. The maximum absolute atomic E-state index is 12.8. The van der Waals surface area contributed by atoms with Crippen LogP contribution in [0.15, 0.2) is 48.5 Å². The quantitative estimate of drug-likeness (QED) is 0.519. The number of hydrogen-bond acceptors (Lipinski definition) is 5. The molecule has 2 N–H and O–H groups in total. The van der Waals surface area contributed by atoms with E-state index in [1.165, 1.54) is 0 Å². The van der Waals surface area contributed by atoms with Gasteiger partial charge in [0, 0.05) is 36.8 Å². The molecule has 0 aliphatic heterocycles. The van der Waals surface area contributed by atoms with Crippen LogP contribution < -0.4 is 9.47 Å². The van der Waals surface area contributed by atoms with Crippen molar-refractivity contribution in [1.82, 2.24) is 0 Å². The van der Waals surface area contributed by atoms with Gasteiger partial charge in [0.15, 0.2) is 5.78 Å². The average molecular weight is 411 g/mol. The lowest BCUT2D eigenvalue weighted by atomic mass is 9.94. The van der Waals surface area contributed by atoms with Crippen molar-refractivity contribution in [2.45, 2.75) is 75.8 Å². The fraction of sp³-hybridized carbons (Fsp3) is 0.480. The first-order valence-corrected chi connectivity index (χ1v) is 11.0. The van der Waals surface area contributed by atoms with E-state index in [1.807, 2.05) is 0 Å². The molecule has 2 aliphatic rings. The van der Waals surface area contributed by atoms with Crippen molar-refractivity contribution >= 4 is 5.78 Å². The summed E-state index contributed by atoms with van der Waals surface area (Å²) < 4.78 is 11.6. The van der Waals surface area contributed by atoms with Crippen LogP contribution in [0.4, 0.5) is 0 Å². The van der Waals surface area contributed by atoms with Gasteiger partial charge in [-0.3, -0.25) is 4.79 Å². The van der Waals surface area contributed by atoms with Crippen molar-refractivity contribution in [2.75, 3.05) is 0 Å². The van der Waals surface area contributed by atoms with Crippen molar-refractivity contribution in [3.63, 3.8) is 0 Å². The van der Waals surface area contributed by atoms with Crippen molar-refractivity contribution in [3.05, 3.63) is 59.7 Å². The lowest BCUT2D eigenvalue weighted by Crippen LogP contribution is -2.37. The second kappa shape index (κ2) is 8.78. The zero-order valence-electron chi connectivity index (χ0n) is 17.3. The maximum atomic E-state index is 12.8. The van der Waals surface area contributed by atoms with E-state index in [0.717, 1.165) is 38.5 Å². The summed E-state index contributed by atoms with van der Waals surface area (Å²) in [5.41, 5.74) is 1.11. The monoisotopic (exact) mass is 410 g/mol. The van der Waals surface area contributed by atoms with Crippen LogP contribution in [0.1, 0.15) is 80.1 Å². The highest BCUT2D eigenvalue weighted by atomic mass is 16.6. The molecule has 0 spiro atoms. The largest absolute Gasteiger partial charge is 0.463 e. The van der Waals surface area contributed by atoms with E-state index in [1.54, 1.807) is 48.5 Å². The van der Waals surface area contributed by atoms with Gasteiger partial charge in [-0.2, -0.15) is 0 Å². The van der Waals surface area contributed by atoms with E-state index in [4.69, 9.17) is 9.47 Å². The van der Waals surface area contributed by atoms with Crippen LogP contribution in [-0.4, -0.2) is 27.6 Å². The third kappa shape index (κ3) is 5.02. The molecular weight excluding hydrogens is 380 g/mol. The number of hydrogen-bond donors (Lipinski definition) is 2. The Morgan fingerprint density at radius 2 is 0.933 bits per heavy atom. The smallest absolute Gasteiger partial charge is 0.208 e. The molecule has 0 bridgehead atoms. The van der Waals surface area contributed by atoms with Gasteiger partial charge < -0.3 is 19.7 Å². The van der Waals surface area contributed by atoms with Crippen molar-refractivity contribution in [2.24, 2.45) is 0 Å². The molecule has 2 aromatic carbocycles. The zero-order chi connectivity index (χ0) is 21.0. The zero-order valence-corrected chi connectivity index (χ0v) is 17.3. The molecule has 0 aromatic heterocycles. The summed E-state index contributed by atoms with van der Waals surface area (Å²) in [6.07, 6.45) is 8.65. The Hall–Kier alpha value is -2.37. The average Bonchev–Trinajstić information content (AvgIpc) is 2.75. The minimum Gasteiger partial charge on any atom is -0.463 e. The van der Waals surface area contributed by atoms with Crippen LogP contribution >= 0.6 is 0 Å². The Kier molecular flexibility index (Phi) is 6.11. The van der Waals surface area contributed by atoms with Crippen molar-refractivity contribution in [1.29, 1.82) is 0 Å². The van der Waals surface area contributed by atoms with Gasteiger partial charge in [0.25, 0.3) is 0 Å². The van der Waals surface area contributed by atoms with E-state index < -0.39 is 11.6 Å². The lowest BCUT2D eigenvalue weighted by molar-refractivity contribution is -0.159. The second-order valence-corrected chi connectivity index (χ2v) is 8.60. The van der Waals surface area contributed by atoms with Gasteiger partial charge in [0.2, 0.25) is 11.6 Å². The van der Waals surface area contributed by atoms with Gasteiger partial charge in [-0.25, -0.2) is 0 Å². The van der Waals surface area contributed by atoms with Crippen molar-refractivity contribution in [3.8, 4) is 11.5 Å². The van der Waals surface area contributed by atoms with Crippen LogP contribution in [0.2, 0.25) is 0 Å². The summed E-state index contributed by atoms with van der Waals surface area (Å²) in [6.45, 7) is 0. The third-order valence-corrected chi connectivity index (χ3v) is 6.12. The molecule has 2 fully saturated rings. The highest BCUT2D eigenvalue weighted by Crippen LogP contribution is 2.32. The minimum atomic E-state index is -1.10. The molecule has 0 amide bonds. The number of carbonyl (C=O) groups is 1. The van der Waals surface area contributed by atoms with Gasteiger partial charge in [-0.15, -0.1) is 0 Å². The Labute approximate surface area is 177 Å². The fourth-order valence-corrected chi connectivity index (χ4v) is 4.37. The first-order chi connectivity index (χ1) is 14.4. The molecule has 0 atom stereocenters. The topological polar surface area (TPSA) is 76.0 Å².